The minimum absolute atomic E-state index is 0.320. The van der Waals surface area contributed by atoms with E-state index >= 15 is 0 Å². The Labute approximate surface area is 125 Å². The van der Waals surface area contributed by atoms with Crippen molar-refractivity contribution >= 4 is 28.5 Å². The van der Waals surface area contributed by atoms with Crippen molar-refractivity contribution in [2.24, 2.45) is 0 Å². The maximum atomic E-state index is 6.04. The molecule has 0 radical (unpaired) electrons. The van der Waals surface area contributed by atoms with Crippen molar-refractivity contribution < 1.29 is 0 Å². The van der Waals surface area contributed by atoms with Gasteiger partial charge in [-0.15, -0.1) is 5.10 Å². The van der Waals surface area contributed by atoms with E-state index in [4.69, 9.17) is 11.6 Å². The number of piperidine rings is 1. The Kier molecular flexibility index (Phi) is 2.99. The van der Waals surface area contributed by atoms with Gasteiger partial charge >= 0.3 is 0 Å². The maximum absolute atomic E-state index is 6.04. The fourth-order valence-corrected chi connectivity index (χ4v) is 3.12. The topological polar surface area (TPSA) is 75.5 Å². The van der Waals surface area contributed by atoms with Crippen molar-refractivity contribution in [3.05, 3.63) is 29.9 Å². The summed E-state index contributed by atoms with van der Waals surface area (Å²) >= 11 is 6.04. The van der Waals surface area contributed by atoms with Crippen LogP contribution in [0, 0.1) is 0 Å². The zero-order valence-corrected chi connectivity index (χ0v) is 12.0. The summed E-state index contributed by atoms with van der Waals surface area (Å²) in [5.74, 6) is 0.924. The number of aromatic amines is 1. The van der Waals surface area contributed by atoms with Crippen LogP contribution in [0.25, 0.3) is 11.0 Å². The summed E-state index contributed by atoms with van der Waals surface area (Å²) in [6, 6.07) is 2.20. The molecule has 0 bridgehead atoms. The predicted molar refractivity (Wildman–Crippen MR) is 79.4 cm³/mol. The summed E-state index contributed by atoms with van der Waals surface area (Å²) in [6.45, 7) is 1.83. The van der Waals surface area contributed by atoms with Crippen LogP contribution in [0.5, 0.6) is 0 Å². The van der Waals surface area contributed by atoms with Crippen LogP contribution in [0.2, 0.25) is 5.15 Å². The molecule has 108 valence electrons. The molecule has 7 nitrogen and oxygen atoms in total. The van der Waals surface area contributed by atoms with E-state index in [-0.39, 0.29) is 0 Å². The summed E-state index contributed by atoms with van der Waals surface area (Å²) < 4.78 is 1.93. The molecule has 1 unspecified atom stereocenters. The smallest absolute Gasteiger partial charge is 0.144 e. The summed E-state index contributed by atoms with van der Waals surface area (Å²) in [6.07, 6.45) is 7.39. The van der Waals surface area contributed by atoms with Crippen molar-refractivity contribution in [3.63, 3.8) is 0 Å². The Bertz CT molecular complexity index is 751. The van der Waals surface area contributed by atoms with Gasteiger partial charge in [0, 0.05) is 19.3 Å². The molecule has 0 aliphatic carbocycles. The molecule has 8 heteroatoms. The van der Waals surface area contributed by atoms with Crippen LogP contribution in [0.4, 0.5) is 5.82 Å². The molecule has 4 heterocycles. The third-order valence-corrected chi connectivity index (χ3v) is 4.09. The molecule has 1 aliphatic heterocycles. The molecule has 1 N–H and O–H groups in total. The first-order chi connectivity index (χ1) is 10.3. The van der Waals surface area contributed by atoms with E-state index in [1.54, 1.807) is 12.5 Å². The highest BCUT2D eigenvalue weighted by Gasteiger charge is 2.24. The second-order valence-electron chi connectivity index (χ2n) is 5.20. The first-order valence-corrected chi connectivity index (χ1v) is 7.29. The Morgan fingerprint density at radius 2 is 2.29 bits per heavy atom. The second kappa shape index (κ2) is 5.00. The average Bonchev–Trinajstić information content (AvgIpc) is 3.15. The summed E-state index contributed by atoms with van der Waals surface area (Å²) in [4.78, 5) is 14.0. The molecule has 0 aromatic carbocycles. The van der Waals surface area contributed by atoms with E-state index in [2.05, 4.69) is 30.2 Å². The standard InChI is InChI=1S/C13H14ClN7/c14-11-6-10-12(18-11)15-8-16-13(10)20-4-1-2-9(7-20)21-5-3-17-19-21/h3,5-6,8-9H,1-2,4,7H2,(H,15,16,18). The molecule has 1 saturated heterocycles. The number of anilines is 1. The van der Waals surface area contributed by atoms with Crippen LogP contribution in [-0.2, 0) is 0 Å². The Morgan fingerprint density at radius 3 is 3.14 bits per heavy atom. The van der Waals surface area contributed by atoms with Gasteiger partial charge in [-0.2, -0.15) is 0 Å². The van der Waals surface area contributed by atoms with Gasteiger partial charge in [0.15, 0.2) is 0 Å². The molecular weight excluding hydrogens is 290 g/mol. The number of aromatic nitrogens is 6. The van der Waals surface area contributed by atoms with Crippen LogP contribution in [-0.4, -0.2) is 43.0 Å². The Hall–Kier alpha value is -2.15. The molecule has 0 amide bonds. The lowest BCUT2D eigenvalue weighted by atomic mass is 10.1. The third kappa shape index (κ3) is 2.23. The highest BCUT2D eigenvalue weighted by Crippen LogP contribution is 2.30. The fourth-order valence-electron chi connectivity index (χ4n) is 2.92. The molecule has 1 aliphatic rings. The summed E-state index contributed by atoms with van der Waals surface area (Å²) in [7, 11) is 0. The molecule has 3 aromatic rings. The lowest BCUT2D eigenvalue weighted by Crippen LogP contribution is -2.37. The highest BCUT2D eigenvalue weighted by molar-refractivity contribution is 6.30. The fraction of sp³-hybridized carbons (Fsp3) is 0.385. The number of halogens is 1. The monoisotopic (exact) mass is 303 g/mol. The van der Waals surface area contributed by atoms with E-state index in [0.717, 1.165) is 42.8 Å². The zero-order valence-electron chi connectivity index (χ0n) is 11.3. The zero-order chi connectivity index (χ0) is 14.2. The molecule has 0 spiro atoms. The first kappa shape index (κ1) is 12.6. The summed E-state index contributed by atoms with van der Waals surface area (Å²) in [5.41, 5.74) is 0.771. The van der Waals surface area contributed by atoms with E-state index in [1.165, 1.54) is 0 Å². The van der Waals surface area contributed by atoms with Crippen molar-refractivity contribution in [2.75, 3.05) is 18.0 Å². The molecule has 0 saturated carbocycles. The second-order valence-corrected chi connectivity index (χ2v) is 5.61. The van der Waals surface area contributed by atoms with E-state index in [1.807, 2.05) is 16.9 Å². The van der Waals surface area contributed by atoms with Gasteiger partial charge in [0.2, 0.25) is 0 Å². The van der Waals surface area contributed by atoms with Crippen molar-refractivity contribution in [1.29, 1.82) is 0 Å². The van der Waals surface area contributed by atoms with Gasteiger partial charge in [-0.1, -0.05) is 16.8 Å². The average molecular weight is 304 g/mol. The van der Waals surface area contributed by atoms with E-state index in [0.29, 0.717) is 11.2 Å². The van der Waals surface area contributed by atoms with Crippen LogP contribution in [0.3, 0.4) is 0 Å². The van der Waals surface area contributed by atoms with Gasteiger partial charge in [0.25, 0.3) is 0 Å². The van der Waals surface area contributed by atoms with Crippen LogP contribution in [0.15, 0.2) is 24.8 Å². The van der Waals surface area contributed by atoms with Gasteiger partial charge in [-0.3, -0.25) is 0 Å². The Balaban J connectivity index is 1.68. The van der Waals surface area contributed by atoms with E-state index < -0.39 is 0 Å². The molecule has 21 heavy (non-hydrogen) atoms. The lowest BCUT2D eigenvalue weighted by Gasteiger charge is -2.33. The maximum Gasteiger partial charge on any atom is 0.144 e. The number of fused-ring (bicyclic) bond motifs is 1. The number of H-pyrrole nitrogens is 1. The number of rotatable bonds is 2. The quantitative estimate of drug-likeness (QED) is 0.784. The number of hydrogen-bond acceptors (Lipinski definition) is 5. The molecular formula is C13H14ClN7. The minimum Gasteiger partial charge on any atom is -0.354 e. The highest BCUT2D eigenvalue weighted by atomic mass is 35.5. The molecule has 1 atom stereocenters. The van der Waals surface area contributed by atoms with Crippen LogP contribution >= 0.6 is 11.6 Å². The number of nitrogens with one attached hydrogen (secondary N) is 1. The molecule has 4 rings (SSSR count). The summed E-state index contributed by atoms with van der Waals surface area (Å²) in [5, 5.41) is 9.55. The normalized spacial score (nSPS) is 19.3. The van der Waals surface area contributed by atoms with Gasteiger partial charge in [-0.05, 0) is 18.9 Å². The van der Waals surface area contributed by atoms with Crippen molar-refractivity contribution in [2.45, 2.75) is 18.9 Å². The van der Waals surface area contributed by atoms with Gasteiger partial charge in [-0.25, -0.2) is 14.6 Å². The first-order valence-electron chi connectivity index (χ1n) is 6.91. The SMILES string of the molecule is Clc1cc2c(N3CCCC(n4ccnn4)C3)ncnc2[nH]1. The molecule has 1 fully saturated rings. The molecule has 3 aromatic heterocycles. The lowest BCUT2D eigenvalue weighted by molar-refractivity contribution is 0.368. The Morgan fingerprint density at radius 1 is 1.33 bits per heavy atom. The van der Waals surface area contributed by atoms with Gasteiger partial charge < -0.3 is 9.88 Å². The number of hydrogen-bond donors (Lipinski definition) is 1. The van der Waals surface area contributed by atoms with Crippen molar-refractivity contribution in [1.82, 2.24) is 29.9 Å². The van der Waals surface area contributed by atoms with Crippen molar-refractivity contribution in [3.8, 4) is 0 Å². The van der Waals surface area contributed by atoms with Gasteiger partial charge in [0.1, 0.15) is 22.9 Å². The van der Waals surface area contributed by atoms with E-state index in [9.17, 15) is 0 Å². The van der Waals surface area contributed by atoms with Gasteiger partial charge in [0.05, 0.1) is 17.6 Å². The largest absolute Gasteiger partial charge is 0.354 e. The van der Waals surface area contributed by atoms with Crippen LogP contribution in [0.1, 0.15) is 18.9 Å². The third-order valence-electron chi connectivity index (χ3n) is 3.88. The van der Waals surface area contributed by atoms with Crippen LogP contribution < -0.4 is 4.90 Å². The number of nitrogens with zero attached hydrogens (tertiary/aromatic N) is 6. The minimum atomic E-state index is 0.320. The predicted octanol–water partition coefficient (Wildman–Crippen LogP) is 2.04.